The highest BCUT2D eigenvalue weighted by Gasteiger charge is 2.16. The third-order valence-corrected chi connectivity index (χ3v) is 2.28. The quantitative estimate of drug-likeness (QED) is 0.863. The molecule has 1 heterocycles. The van der Waals surface area contributed by atoms with Crippen molar-refractivity contribution in [3.63, 3.8) is 0 Å². The molecule has 0 amide bonds. The topological polar surface area (TPSA) is 66.0 Å². The normalized spacial score (nSPS) is 10.8. The molecule has 0 radical (unpaired) electrons. The van der Waals surface area contributed by atoms with Crippen LogP contribution < -0.4 is 0 Å². The fraction of sp³-hybridized carbons (Fsp3) is 0.0909. The van der Waals surface area contributed by atoms with Crippen LogP contribution in [-0.2, 0) is 0 Å². The molecule has 1 aromatic heterocycles. The molecule has 1 aromatic carbocycles. The first-order chi connectivity index (χ1) is 8.09. The lowest BCUT2D eigenvalue weighted by atomic mass is 10.0. The molecule has 0 saturated heterocycles. The highest BCUT2D eigenvalue weighted by Crippen LogP contribution is 2.29. The second kappa shape index (κ2) is 4.32. The summed E-state index contributed by atoms with van der Waals surface area (Å²) in [4.78, 5) is 10.6. The minimum absolute atomic E-state index is 0.135. The zero-order valence-corrected chi connectivity index (χ0v) is 8.52. The van der Waals surface area contributed by atoms with Crippen LogP contribution in [0.1, 0.15) is 22.5 Å². The molecule has 0 atom stereocenters. The fourth-order valence-corrected chi connectivity index (χ4v) is 1.49. The van der Waals surface area contributed by atoms with Crippen molar-refractivity contribution in [3.8, 4) is 11.3 Å². The molecule has 2 N–H and O–H groups in total. The zero-order chi connectivity index (χ0) is 12.4. The number of carboxylic acids is 1. The Bertz CT molecular complexity index is 552. The minimum Gasteiger partial charge on any atom is -0.477 e. The van der Waals surface area contributed by atoms with Gasteiger partial charge >= 0.3 is 5.97 Å². The summed E-state index contributed by atoms with van der Waals surface area (Å²) >= 11 is 0. The van der Waals surface area contributed by atoms with Crippen molar-refractivity contribution < 1.29 is 18.7 Å². The summed E-state index contributed by atoms with van der Waals surface area (Å²) < 4.78 is 25.4. The van der Waals surface area contributed by atoms with E-state index in [1.807, 2.05) is 0 Å². The van der Waals surface area contributed by atoms with Gasteiger partial charge in [-0.2, -0.15) is 5.10 Å². The number of halogens is 2. The van der Waals surface area contributed by atoms with E-state index in [-0.39, 0.29) is 22.5 Å². The van der Waals surface area contributed by atoms with Gasteiger partial charge in [-0.25, -0.2) is 13.6 Å². The molecule has 0 spiro atoms. The molecular formula is C11H8F2N2O2. The predicted molar refractivity (Wildman–Crippen MR) is 55.9 cm³/mol. The summed E-state index contributed by atoms with van der Waals surface area (Å²) in [5.41, 5.74) is 0.115. The van der Waals surface area contributed by atoms with Crippen LogP contribution in [0.4, 0.5) is 8.78 Å². The minimum atomic E-state index is -2.63. The SMILES string of the molecule is O=C(O)c1cc(-c2ccccc2C(F)F)n[nH]1. The van der Waals surface area contributed by atoms with Crippen LogP contribution in [0.25, 0.3) is 11.3 Å². The van der Waals surface area contributed by atoms with Gasteiger partial charge in [0.15, 0.2) is 0 Å². The number of nitrogens with zero attached hydrogens (tertiary/aromatic N) is 1. The maximum Gasteiger partial charge on any atom is 0.353 e. The number of alkyl halides is 2. The number of rotatable bonds is 3. The van der Waals surface area contributed by atoms with E-state index in [0.717, 1.165) is 0 Å². The van der Waals surface area contributed by atoms with Crippen LogP contribution >= 0.6 is 0 Å². The molecule has 0 aliphatic carbocycles. The summed E-state index contributed by atoms with van der Waals surface area (Å²) in [6, 6.07) is 7.08. The molecule has 4 nitrogen and oxygen atoms in total. The number of carbonyl (C=O) groups is 1. The van der Waals surface area contributed by atoms with Crippen LogP contribution in [-0.4, -0.2) is 21.3 Å². The van der Waals surface area contributed by atoms with Gasteiger partial charge in [0.05, 0.1) is 5.69 Å². The summed E-state index contributed by atoms with van der Waals surface area (Å²) in [5.74, 6) is -1.18. The third kappa shape index (κ3) is 2.15. The number of carboxylic acid groups (broad SMARTS) is 1. The first-order valence-corrected chi connectivity index (χ1v) is 4.75. The summed E-state index contributed by atoms with van der Waals surface area (Å²) in [7, 11) is 0. The Morgan fingerprint density at radius 1 is 1.35 bits per heavy atom. The van der Waals surface area contributed by atoms with E-state index in [1.54, 1.807) is 6.07 Å². The second-order valence-corrected chi connectivity index (χ2v) is 3.36. The lowest BCUT2D eigenvalue weighted by Crippen LogP contribution is -1.95. The molecule has 0 unspecified atom stereocenters. The van der Waals surface area contributed by atoms with Gasteiger partial charge in [-0.15, -0.1) is 0 Å². The average Bonchev–Trinajstić information content (AvgIpc) is 2.78. The molecule has 0 aliphatic heterocycles. The lowest BCUT2D eigenvalue weighted by molar-refractivity contribution is 0.0690. The Kier molecular flexibility index (Phi) is 2.86. The predicted octanol–water partition coefficient (Wildman–Crippen LogP) is 2.71. The van der Waals surface area contributed by atoms with Crippen molar-refractivity contribution >= 4 is 5.97 Å². The van der Waals surface area contributed by atoms with E-state index >= 15 is 0 Å². The first kappa shape index (κ1) is 11.3. The number of hydrogen-bond acceptors (Lipinski definition) is 2. The Morgan fingerprint density at radius 2 is 2.06 bits per heavy atom. The van der Waals surface area contributed by atoms with E-state index < -0.39 is 12.4 Å². The van der Waals surface area contributed by atoms with E-state index in [2.05, 4.69) is 10.2 Å². The van der Waals surface area contributed by atoms with Gasteiger partial charge in [0.1, 0.15) is 5.69 Å². The van der Waals surface area contributed by atoms with E-state index in [4.69, 9.17) is 5.11 Å². The number of hydrogen-bond donors (Lipinski definition) is 2. The summed E-state index contributed by atoms with van der Waals surface area (Å²) in [6.45, 7) is 0. The van der Waals surface area contributed by atoms with E-state index in [1.165, 1.54) is 24.3 Å². The summed E-state index contributed by atoms with van der Waals surface area (Å²) in [6.07, 6.45) is -2.63. The third-order valence-electron chi connectivity index (χ3n) is 2.28. The molecule has 0 aliphatic rings. The lowest BCUT2D eigenvalue weighted by Gasteiger charge is -2.04. The smallest absolute Gasteiger partial charge is 0.353 e. The van der Waals surface area contributed by atoms with Crippen molar-refractivity contribution in [2.45, 2.75) is 6.43 Å². The largest absolute Gasteiger partial charge is 0.477 e. The molecule has 2 rings (SSSR count). The van der Waals surface area contributed by atoms with E-state index in [9.17, 15) is 13.6 Å². The summed E-state index contributed by atoms with van der Waals surface area (Å²) in [5, 5.41) is 14.7. The number of nitrogens with one attached hydrogen (secondary N) is 1. The van der Waals surface area contributed by atoms with Crippen LogP contribution in [0.15, 0.2) is 30.3 Å². The molecule has 0 fully saturated rings. The average molecular weight is 238 g/mol. The van der Waals surface area contributed by atoms with Gasteiger partial charge in [-0.05, 0) is 6.07 Å². The van der Waals surface area contributed by atoms with Crippen LogP contribution in [0, 0.1) is 0 Å². The molecule has 17 heavy (non-hydrogen) atoms. The van der Waals surface area contributed by atoms with Crippen LogP contribution in [0.5, 0.6) is 0 Å². The first-order valence-electron chi connectivity index (χ1n) is 4.75. The molecule has 88 valence electrons. The Morgan fingerprint density at radius 3 is 2.65 bits per heavy atom. The maximum atomic E-state index is 12.7. The number of benzene rings is 1. The van der Waals surface area contributed by atoms with Gasteiger partial charge in [0.25, 0.3) is 6.43 Å². The number of H-pyrrole nitrogens is 1. The van der Waals surface area contributed by atoms with E-state index in [0.29, 0.717) is 0 Å². The Labute approximate surface area is 94.9 Å². The van der Waals surface area contributed by atoms with Crippen LogP contribution in [0.2, 0.25) is 0 Å². The zero-order valence-electron chi connectivity index (χ0n) is 8.52. The Hall–Kier alpha value is -2.24. The number of aromatic amines is 1. The monoisotopic (exact) mass is 238 g/mol. The van der Waals surface area contributed by atoms with Crippen LogP contribution in [0.3, 0.4) is 0 Å². The maximum absolute atomic E-state index is 12.7. The van der Waals surface area contributed by atoms with Crippen molar-refractivity contribution in [2.75, 3.05) is 0 Å². The van der Waals surface area contributed by atoms with Gasteiger partial charge in [-0.1, -0.05) is 24.3 Å². The van der Waals surface area contributed by atoms with Gasteiger partial charge in [-0.3, -0.25) is 5.10 Å². The van der Waals surface area contributed by atoms with Gasteiger partial charge < -0.3 is 5.11 Å². The van der Waals surface area contributed by atoms with Crippen molar-refractivity contribution in [1.82, 2.24) is 10.2 Å². The molecular weight excluding hydrogens is 230 g/mol. The van der Waals surface area contributed by atoms with Gasteiger partial charge in [0, 0.05) is 11.1 Å². The fourth-order valence-electron chi connectivity index (χ4n) is 1.49. The molecule has 2 aromatic rings. The highest BCUT2D eigenvalue weighted by molar-refractivity contribution is 5.87. The standard InChI is InChI=1S/C11H8F2N2O2/c12-10(13)7-4-2-1-3-6(7)8-5-9(11(16)17)15-14-8/h1-5,10H,(H,14,15)(H,16,17). The number of aromatic carboxylic acids is 1. The number of aromatic nitrogens is 2. The molecule has 6 heteroatoms. The second-order valence-electron chi connectivity index (χ2n) is 3.36. The Balaban J connectivity index is 2.48. The molecule has 0 saturated carbocycles. The van der Waals surface area contributed by atoms with Crippen molar-refractivity contribution in [1.29, 1.82) is 0 Å². The van der Waals surface area contributed by atoms with Crippen molar-refractivity contribution in [3.05, 3.63) is 41.6 Å². The van der Waals surface area contributed by atoms with Crippen molar-refractivity contribution in [2.24, 2.45) is 0 Å². The molecule has 0 bridgehead atoms. The highest BCUT2D eigenvalue weighted by atomic mass is 19.3. The van der Waals surface area contributed by atoms with Gasteiger partial charge in [0.2, 0.25) is 0 Å².